The first-order chi connectivity index (χ1) is 30.5. The van der Waals surface area contributed by atoms with Crippen LogP contribution in [-0.4, -0.2) is 114 Å². The number of carbonyl (C=O) groups excluding carboxylic acids is 5. The second kappa shape index (κ2) is 24.1. The molecule has 1 amide bonds. The van der Waals surface area contributed by atoms with Crippen molar-refractivity contribution in [3.8, 4) is 0 Å². The Morgan fingerprint density at radius 2 is 1.63 bits per heavy atom. The molecule has 4 rings (SSSR count). The molecule has 13 heteroatoms. The molecule has 366 valence electrons. The number of piperidine rings is 1. The standard InChI is InChI=1S/C52H80FNO11/c1-31-17-13-12-14-18-36(6)51(8,9)30-39-22-20-37(7)52(61,65-39)48(58)49(59)54-24-16-15-19-40(54)50(60)64-43(33(3)27-38-21-23-41(55)44(28-38)62-10)29-42(56)32(2)26-34(4)45(53)47(63-11)46(57)35(5)25-31/h12-14,17-18,26,31-33,35,37-41,43-45,47,55,61H,15-16,19-25,27-30H2,1-11H3/b14-12+,17-13+,34-26+,36-18+/t31-,32-,33-,35-,37-,38?,39+,40?,41+,43+,44-,45?,47-,52-/m1/s1. The van der Waals surface area contributed by atoms with Crippen LogP contribution in [0.5, 0.6) is 0 Å². The number of carbonyl (C=O) groups is 5. The first-order valence-electron chi connectivity index (χ1n) is 24.1. The predicted octanol–water partition coefficient (Wildman–Crippen LogP) is 8.17. The fourth-order valence-electron chi connectivity index (χ4n) is 10.2. The molecule has 0 aromatic rings. The van der Waals surface area contributed by atoms with Crippen molar-refractivity contribution < 1.29 is 57.5 Å². The number of aliphatic hydroxyl groups excluding tert-OH is 1. The van der Waals surface area contributed by atoms with Gasteiger partial charge in [0.25, 0.3) is 11.7 Å². The zero-order valence-corrected chi connectivity index (χ0v) is 41.1. The van der Waals surface area contributed by atoms with Gasteiger partial charge in [0.1, 0.15) is 17.9 Å². The molecule has 0 radical (unpaired) electrons. The quantitative estimate of drug-likeness (QED) is 0.155. The van der Waals surface area contributed by atoms with Gasteiger partial charge in [-0.05, 0) is 113 Å². The van der Waals surface area contributed by atoms with E-state index in [9.17, 15) is 34.2 Å². The van der Waals surface area contributed by atoms with E-state index in [2.05, 4.69) is 13.8 Å². The van der Waals surface area contributed by atoms with E-state index in [1.807, 2.05) is 51.2 Å². The zero-order chi connectivity index (χ0) is 48.4. The molecular weight excluding hydrogens is 834 g/mol. The van der Waals surface area contributed by atoms with Crippen LogP contribution >= 0.6 is 0 Å². The Morgan fingerprint density at radius 3 is 2.31 bits per heavy atom. The van der Waals surface area contributed by atoms with Gasteiger partial charge in [0.05, 0.1) is 18.3 Å². The molecule has 3 fully saturated rings. The first-order valence-corrected chi connectivity index (χ1v) is 24.1. The number of fused-ring (bicyclic) bond motifs is 3. The molecule has 0 aromatic heterocycles. The number of amides is 1. The Bertz CT molecular complexity index is 1790. The number of ether oxygens (including phenoxy) is 4. The van der Waals surface area contributed by atoms with E-state index in [-0.39, 0.29) is 60.4 Å². The van der Waals surface area contributed by atoms with Crippen molar-refractivity contribution in [1.82, 2.24) is 4.90 Å². The van der Waals surface area contributed by atoms with Gasteiger partial charge in [-0.3, -0.25) is 19.2 Å². The fourth-order valence-corrected chi connectivity index (χ4v) is 10.2. The van der Waals surface area contributed by atoms with Gasteiger partial charge >= 0.3 is 5.97 Å². The second-order valence-corrected chi connectivity index (χ2v) is 20.6. The van der Waals surface area contributed by atoms with Crippen LogP contribution in [0.2, 0.25) is 0 Å². The highest BCUT2D eigenvalue weighted by Gasteiger charge is 2.53. The zero-order valence-electron chi connectivity index (χ0n) is 41.1. The van der Waals surface area contributed by atoms with Gasteiger partial charge in [-0.1, -0.05) is 90.5 Å². The van der Waals surface area contributed by atoms with Gasteiger partial charge in [0.2, 0.25) is 5.79 Å². The number of cyclic esters (lactones) is 1. The van der Waals surface area contributed by atoms with Crippen LogP contribution in [-0.2, 0) is 42.9 Å². The molecule has 4 aliphatic rings. The maximum atomic E-state index is 16.2. The number of hydrogen-bond donors (Lipinski definition) is 2. The average Bonchev–Trinajstić information content (AvgIpc) is 3.26. The van der Waals surface area contributed by atoms with Gasteiger partial charge in [-0.2, -0.15) is 0 Å². The molecule has 2 bridgehead atoms. The summed E-state index contributed by atoms with van der Waals surface area (Å²) in [5.74, 6) is -8.24. The number of hydrogen-bond acceptors (Lipinski definition) is 11. The Hall–Kier alpha value is -3.36. The van der Waals surface area contributed by atoms with Crippen LogP contribution in [0.1, 0.15) is 139 Å². The minimum absolute atomic E-state index is 0.00325. The average molecular weight is 914 g/mol. The minimum Gasteiger partial charge on any atom is -0.460 e. The SMILES string of the molecule is CO[C@H]1C(=O)[C@H](C)C[C@H](C)/C=C/C=C/C=C(\C)C(C)(C)C[C@@H]2CC[C@@H](C)[C@@](O)(O2)C(=O)C(=O)N2CCCCC2C(=O)O[C@H]([C@H](C)CC2CC[C@H](O)[C@H](OC)C2)CC(=O)[C@H](C)/C=C(\C)C1F. The smallest absolute Gasteiger partial charge is 0.329 e. The lowest BCUT2D eigenvalue weighted by molar-refractivity contribution is -0.266. The fraction of sp³-hybridized carbons (Fsp3) is 0.750. The van der Waals surface area contributed by atoms with Crippen molar-refractivity contribution in [3.05, 3.63) is 47.6 Å². The van der Waals surface area contributed by atoms with Gasteiger partial charge in [-0.25, -0.2) is 9.18 Å². The number of esters is 1. The van der Waals surface area contributed by atoms with Gasteiger partial charge in [0, 0.05) is 44.9 Å². The number of halogens is 1. The highest BCUT2D eigenvalue weighted by molar-refractivity contribution is 6.39. The molecule has 3 unspecified atom stereocenters. The molecule has 0 spiro atoms. The van der Waals surface area contributed by atoms with E-state index in [0.29, 0.717) is 64.2 Å². The highest BCUT2D eigenvalue weighted by atomic mass is 19.1. The number of alkyl halides is 1. The molecule has 2 saturated heterocycles. The maximum Gasteiger partial charge on any atom is 0.329 e. The molecule has 1 aliphatic carbocycles. The summed E-state index contributed by atoms with van der Waals surface area (Å²) in [6, 6.07) is -1.14. The monoisotopic (exact) mass is 914 g/mol. The van der Waals surface area contributed by atoms with Crippen LogP contribution < -0.4 is 0 Å². The Labute approximate surface area is 387 Å². The number of Topliss-reactive ketones (excluding diaryl/α,β-unsaturated/α-hetero) is 3. The number of allylic oxidation sites excluding steroid dienone is 7. The maximum absolute atomic E-state index is 16.2. The number of rotatable bonds is 5. The van der Waals surface area contributed by atoms with Crippen molar-refractivity contribution in [3.63, 3.8) is 0 Å². The third kappa shape index (κ3) is 14.1. The van der Waals surface area contributed by atoms with Crippen LogP contribution in [0.25, 0.3) is 0 Å². The molecule has 65 heavy (non-hydrogen) atoms. The molecule has 2 N–H and O–H groups in total. The third-order valence-corrected chi connectivity index (χ3v) is 14.9. The molecule has 12 nitrogen and oxygen atoms in total. The molecule has 0 aromatic carbocycles. The molecule has 1 saturated carbocycles. The lowest BCUT2D eigenvalue weighted by Gasteiger charge is -2.44. The lowest BCUT2D eigenvalue weighted by atomic mass is 9.76. The van der Waals surface area contributed by atoms with Crippen LogP contribution in [0.3, 0.4) is 0 Å². The molecule has 3 heterocycles. The Morgan fingerprint density at radius 1 is 0.923 bits per heavy atom. The summed E-state index contributed by atoms with van der Waals surface area (Å²) in [6.45, 7) is 16.7. The summed E-state index contributed by atoms with van der Waals surface area (Å²) in [5, 5.41) is 22.4. The number of nitrogens with zero attached hydrogens (tertiary/aromatic N) is 1. The Kier molecular flexibility index (Phi) is 20.1. The lowest BCUT2D eigenvalue weighted by Crippen LogP contribution is -2.61. The van der Waals surface area contributed by atoms with E-state index in [1.54, 1.807) is 27.9 Å². The minimum atomic E-state index is -2.40. The summed E-state index contributed by atoms with van der Waals surface area (Å²) >= 11 is 0. The van der Waals surface area contributed by atoms with Crippen molar-refractivity contribution >= 4 is 29.2 Å². The highest BCUT2D eigenvalue weighted by Crippen LogP contribution is 2.41. The van der Waals surface area contributed by atoms with E-state index in [0.717, 1.165) is 5.57 Å². The summed E-state index contributed by atoms with van der Waals surface area (Å²) in [6.07, 6.45) is 11.1. The van der Waals surface area contributed by atoms with Crippen molar-refractivity contribution in [2.45, 2.75) is 188 Å². The summed E-state index contributed by atoms with van der Waals surface area (Å²) in [7, 11) is 2.87. The van der Waals surface area contributed by atoms with Crippen LogP contribution in [0.15, 0.2) is 47.6 Å². The van der Waals surface area contributed by atoms with Crippen molar-refractivity contribution in [2.75, 3.05) is 20.8 Å². The summed E-state index contributed by atoms with van der Waals surface area (Å²) < 4.78 is 39.7. The van der Waals surface area contributed by atoms with E-state index >= 15 is 4.39 Å². The van der Waals surface area contributed by atoms with E-state index in [4.69, 9.17) is 18.9 Å². The van der Waals surface area contributed by atoms with Crippen molar-refractivity contribution in [1.29, 1.82) is 0 Å². The summed E-state index contributed by atoms with van der Waals surface area (Å²) in [5.41, 5.74) is 0.804. The van der Waals surface area contributed by atoms with Crippen LogP contribution in [0.4, 0.5) is 4.39 Å². The second-order valence-electron chi connectivity index (χ2n) is 20.6. The topological polar surface area (TPSA) is 166 Å². The molecule has 3 aliphatic heterocycles. The van der Waals surface area contributed by atoms with E-state index < -0.39 is 83.2 Å². The van der Waals surface area contributed by atoms with Crippen molar-refractivity contribution in [2.24, 2.45) is 40.9 Å². The number of ketones is 3. The number of aliphatic hydroxyl groups is 2. The largest absolute Gasteiger partial charge is 0.460 e. The number of methoxy groups -OCH3 is 2. The van der Waals surface area contributed by atoms with Gasteiger partial charge in [-0.15, -0.1) is 0 Å². The Balaban J connectivity index is 1.71. The summed E-state index contributed by atoms with van der Waals surface area (Å²) in [4.78, 5) is 71.7. The normalized spacial score (nSPS) is 40.1. The first kappa shape index (κ1) is 54.2. The van der Waals surface area contributed by atoms with E-state index in [1.165, 1.54) is 25.0 Å². The molecular formula is C52H80FNO11. The molecule has 14 atom stereocenters. The van der Waals surface area contributed by atoms with Gasteiger partial charge in [0.15, 0.2) is 18.1 Å². The van der Waals surface area contributed by atoms with Crippen LogP contribution in [0, 0.1) is 40.9 Å². The third-order valence-electron chi connectivity index (χ3n) is 14.9. The van der Waals surface area contributed by atoms with Gasteiger partial charge < -0.3 is 34.1 Å². The predicted molar refractivity (Wildman–Crippen MR) is 247 cm³/mol.